The zero-order valence-corrected chi connectivity index (χ0v) is 10.5. The molecule has 1 fully saturated rings. The zero-order valence-electron chi connectivity index (χ0n) is 10.5. The van der Waals surface area contributed by atoms with E-state index in [1.165, 1.54) is 6.07 Å². The summed E-state index contributed by atoms with van der Waals surface area (Å²) in [6, 6.07) is 4.62. The van der Waals surface area contributed by atoms with Gasteiger partial charge >= 0.3 is 0 Å². The van der Waals surface area contributed by atoms with Crippen molar-refractivity contribution in [1.82, 2.24) is 0 Å². The maximum atomic E-state index is 13.6. The molecule has 2 aliphatic rings. The van der Waals surface area contributed by atoms with Gasteiger partial charge in [0.1, 0.15) is 6.61 Å². The van der Waals surface area contributed by atoms with Gasteiger partial charge in [-0.05, 0) is 30.9 Å². The van der Waals surface area contributed by atoms with Crippen LogP contribution in [0.4, 0.5) is 4.39 Å². The molecule has 2 atom stereocenters. The molecule has 1 saturated carbocycles. The average Bonchev–Trinajstić information content (AvgIpc) is 2.79. The molecule has 2 unspecified atom stereocenters. The molecule has 0 amide bonds. The first kappa shape index (κ1) is 11.7. The minimum absolute atomic E-state index is 0.0904. The van der Waals surface area contributed by atoms with Crippen LogP contribution in [0.5, 0.6) is 5.75 Å². The largest absolute Gasteiger partial charge is 0.489 e. The molecule has 1 aliphatic carbocycles. The number of fused-ring (bicyclic) bond motifs is 1. The van der Waals surface area contributed by atoms with Gasteiger partial charge in [-0.3, -0.25) is 4.79 Å². The third-order valence-corrected chi connectivity index (χ3v) is 4.59. The molecule has 18 heavy (non-hydrogen) atoms. The lowest BCUT2D eigenvalue weighted by atomic mass is 9.70. The first-order valence-corrected chi connectivity index (χ1v) is 6.65. The fourth-order valence-electron chi connectivity index (χ4n) is 3.60. The van der Waals surface area contributed by atoms with E-state index in [1.54, 1.807) is 12.1 Å². The molecular weight excluding hydrogens is 231 g/mol. The highest BCUT2D eigenvalue weighted by atomic mass is 19.1. The quantitative estimate of drug-likeness (QED) is 0.759. The monoisotopic (exact) mass is 248 g/mol. The van der Waals surface area contributed by atoms with E-state index in [1.807, 2.05) is 0 Å². The van der Waals surface area contributed by atoms with Gasteiger partial charge in [-0.2, -0.15) is 0 Å². The van der Waals surface area contributed by atoms with Crippen LogP contribution in [0.1, 0.15) is 43.0 Å². The Morgan fingerprint density at radius 3 is 3.11 bits per heavy atom. The maximum Gasteiger partial charge on any atom is 0.176 e. The standard InChI is InChI=1S/C15H17FO2/c1-2-10-5-4-8-15(10)9-18-13-11(14(15)17)6-3-7-12(13)16/h3,6-7,10H,2,4-5,8-9H2,1H3. The summed E-state index contributed by atoms with van der Waals surface area (Å²) in [5.74, 6) is 0.186. The van der Waals surface area contributed by atoms with Gasteiger partial charge < -0.3 is 4.74 Å². The van der Waals surface area contributed by atoms with Crippen LogP contribution in [0, 0.1) is 17.2 Å². The summed E-state index contributed by atoms with van der Waals surface area (Å²) in [5, 5.41) is 0. The summed E-state index contributed by atoms with van der Waals surface area (Å²) in [4.78, 5) is 12.7. The second kappa shape index (κ2) is 4.08. The van der Waals surface area contributed by atoms with Crippen LogP contribution in [0.15, 0.2) is 18.2 Å². The van der Waals surface area contributed by atoms with Gasteiger partial charge in [0.05, 0.1) is 11.0 Å². The van der Waals surface area contributed by atoms with Crippen molar-refractivity contribution in [2.75, 3.05) is 6.61 Å². The minimum Gasteiger partial charge on any atom is -0.489 e. The van der Waals surface area contributed by atoms with E-state index in [2.05, 4.69) is 6.92 Å². The van der Waals surface area contributed by atoms with Crippen molar-refractivity contribution in [1.29, 1.82) is 0 Å². The van der Waals surface area contributed by atoms with Crippen molar-refractivity contribution in [2.24, 2.45) is 11.3 Å². The number of benzene rings is 1. The molecule has 1 aliphatic heterocycles. The number of ether oxygens (including phenoxy) is 1. The highest BCUT2D eigenvalue weighted by Crippen LogP contribution is 2.51. The van der Waals surface area contributed by atoms with E-state index in [0.29, 0.717) is 18.1 Å². The lowest BCUT2D eigenvalue weighted by Crippen LogP contribution is -2.43. The maximum absolute atomic E-state index is 13.6. The Morgan fingerprint density at radius 1 is 1.50 bits per heavy atom. The van der Waals surface area contributed by atoms with Crippen LogP contribution in [-0.4, -0.2) is 12.4 Å². The fourth-order valence-corrected chi connectivity index (χ4v) is 3.60. The Labute approximate surface area is 106 Å². The topological polar surface area (TPSA) is 26.3 Å². The van der Waals surface area contributed by atoms with Crippen LogP contribution < -0.4 is 4.74 Å². The predicted molar refractivity (Wildman–Crippen MR) is 66.3 cm³/mol. The van der Waals surface area contributed by atoms with Gasteiger partial charge in [-0.25, -0.2) is 4.39 Å². The summed E-state index contributed by atoms with van der Waals surface area (Å²) in [6.07, 6.45) is 4.01. The van der Waals surface area contributed by atoms with Gasteiger partial charge in [0.15, 0.2) is 17.3 Å². The van der Waals surface area contributed by atoms with Gasteiger partial charge in [0.2, 0.25) is 0 Å². The van der Waals surface area contributed by atoms with Gasteiger partial charge in [-0.1, -0.05) is 25.8 Å². The molecule has 0 radical (unpaired) electrons. The van der Waals surface area contributed by atoms with E-state index in [9.17, 15) is 9.18 Å². The van der Waals surface area contributed by atoms with Crippen molar-refractivity contribution in [3.63, 3.8) is 0 Å². The number of halogens is 1. The smallest absolute Gasteiger partial charge is 0.176 e. The first-order chi connectivity index (χ1) is 8.69. The van der Waals surface area contributed by atoms with E-state index in [0.717, 1.165) is 25.7 Å². The number of rotatable bonds is 1. The number of carbonyl (C=O) groups is 1. The molecule has 96 valence electrons. The summed E-state index contributed by atoms with van der Waals surface area (Å²) < 4.78 is 19.2. The van der Waals surface area contributed by atoms with E-state index < -0.39 is 11.2 Å². The highest BCUT2D eigenvalue weighted by Gasteiger charge is 2.51. The molecule has 0 bridgehead atoms. The molecule has 1 aromatic carbocycles. The Morgan fingerprint density at radius 2 is 2.33 bits per heavy atom. The van der Waals surface area contributed by atoms with Crippen LogP contribution in [0.3, 0.4) is 0 Å². The van der Waals surface area contributed by atoms with E-state index >= 15 is 0 Å². The van der Waals surface area contributed by atoms with Crippen LogP contribution in [0.25, 0.3) is 0 Å². The third-order valence-electron chi connectivity index (χ3n) is 4.59. The van der Waals surface area contributed by atoms with Crippen molar-refractivity contribution < 1.29 is 13.9 Å². The number of hydrogen-bond acceptors (Lipinski definition) is 2. The number of para-hydroxylation sites is 1. The van der Waals surface area contributed by atoms with Gasteiger partial charge in [-0.15, -0.1) is 0 Å². The van der Waals surface area contributed by atoms with Crippen molar-refractivity contribution >= 4 is 5.78 Å². The second-order valence-corrected chi connectivity index (χ2v) is 5.39. The van der Waals surface area contributed by atoms with Gasteiger partial charge in [0, 0.05) is 0 Å². The summed E-state index contributed by atoms with van der Waals surface area (Å²) >= 11 is 0. The summed E-state index contributed by atoms with van der Waals surface area (Å²) in [7, 11) is 0. The Balaban J connectivity index is 2.07. The van der Waals surface area contributed by atoms with Crippen molar-refractivity contribution in [2.45, 2.75) is 32.6 Å². The Kier molecular flexibility index (Phi) is 2.65. The number of ketones is 1. The minimum atomic E-state index is -0.429. The SMILES string of the molecule is CCC1CCCC12COc1c(F)cccc1C2=O. The van der Waals surface area contributed by atoms with E-state index in [4.69, 9.17) is 4.74 Å². The van der Waals surface area contributed by atoms with Crippen LogP contribution in [-0.2, 0) is 0 Å². The second-order valence-electron chi connectivity index (χ2n) is 5.39. The number of carbonyl (C=O) groups excluding carboxylic acids is 1. The third kappa shape index (κ3) is 1.43. The van der Waals surface area contributed by atoms with Crippen molar-refractivity contribution in [3.8, 4) is 5.75 Å². The van der Waals surface area contributed by atoms with Gasteiger partial charge in [0.25, 0.3) is 0 Å². The normalized spacial score (nSPS) is 30.3. The predicted octanol–water partition coefficient (Wildman–Crippen LogP) is 3.60. The summed E-state index contributed by atoms with van der Waals surface area (Å²) in [5.41, 5.74) is 0.0387. The fraction of sp³-hybridized carbons (Fsp3) is 0.533. The molecule has 3 heteroatoms. The average molecular weight is 248 g/mol. The molecule has 0 N–H and O–H groups in total. The summed E-state index contributed by atoms with van der Waals surface area (Å²) in [6.45, 7) is 2.46. The molecule has 1 heterocycles. The molecule has 0 aromatic heterocycles. The molecule has 1 spiro atoms. The molecule has 1 aromatic rings. The number of hydrogen-bond donors (Lipinski definition) is 0. The van der Waals surface area contributed by atoms with Crippen LogP contribution >= 0.6 is 0 Å². The molecule has 3 rings (SSSR count). The molecule has 0 saturated heterocycles. The lowest BCUT2D eigenvalue weighted by molar-refractivity contribution is 0.0463. The molecule has 2 nitrogen and oxygen atoms in total. The zero-order chi connectivity index (χ0) is 12.8. The van der Waals surface area contributed by atoms with Crippen molar-refractivity contribution in [3.05, 3.63) is 29.6 Å². The highest BCUT2D eigenvalue weighted by molar-refractivity contribution is 6.04. The van der Waals surface area contributed by atoms with E-state index in [-0.39, 0.29) is 11.5 Å². The number of Topliss-reactive ketones (excluding diaryl/α,β-unsaturated/α-hetero) is 1. The Hall–Kier alpha value is -1.38. The molecular formula is C15H17FO2. The first-order valence-electron chi connectivity index (χ1n) is 6.65. The Bertz CT molecular complexity index is 497. The van der Waals surface area contributed by atoms with Crippen LogP contribution in [0.2, 0.25) is 0 Å². The lowest BCUT2D eigenvalue weighted by Gasteiger charge is -2.37.